The van der Waals surface area contributed by atoms with E-state index in [2.05, 4.69) is 5.32 Å². The van der Waals surface area contributed by atoms with Crippen LogP contribution >= 0.6 is 0 Å². The number of nitrogens with one attached hydrogen (secondary N) is 1. The molecule has 1 amide bonds. The minimum Gasteiger partial charge on any atom is -0.493 e. The molecule has 0 radical (unpaired) electrons. The van der Waals surface area contributed by atoms with Crippen molar-refractivity contribution in [3.63, 3.8) is 0 Å². The van der Waals surface area contributed by atoms with Gasteiger partial charge in [0, 0.05) is 12.1 Å². The van der Waals surface area contributed by atoms with Gasteiger partial charge in [-0.3, -0.25) is 14.9 Å². The van der Waals surface area contributed by atoms with E-state index in [1.807, 2.05) is 0 Å². The van der Waals surface area contributed by atoms with Crippen molar-refractivity contribution in [2.75, 3.05) is 20.8 Å². The van der Waals surface area contributed by atoms with Crippen molar-refractivity contribution < 1.29 is 28.7 Å². The summed E-state index contributed by atoms with van der Waals surface area (Å²) in [5.74, 6) is -1.13. The monoisotopic (exact) mass is 366 g/mol. The molecule has 0 saturated heterocycles. The first-order chi connectivity index (χ1) is 12.5. The molecule has 1 aromatic rings. The zero-order valence-corrected chi connectivity index (χ0v) is 14.8. The summed E-state index contributed by atoms with van der Waals surface area (Å²) < 4.78 is 15.0. The third-order valence-electron chi connectivity index (χ3n) is 4.22. The highest BCUT2D eigenvalue weighted by Crippen LogP contribution is 2.34. The van der Waals surface area contributed by atoms with Crippen molar-refractivity contribution in [1.29, 1.82) is 0 Å². The molecule has 1 fully saturated rings. The number of methoxy groups -OCH3 is 2. The topological polar surface area (TPSA) is 117 Å². The van der Waals surface area contributed by atoms with Crippen LogP contribution in [0, 0.1) is 10.1 Å². The van der Waals surface area contributed by atoms with Crippen LogP contribution in [-0.2, 0) is 9.53 Å². The van der Waals surface area contributed by atoms with E-state index >= 15 is 0 Å². The van der Waals surface area contributed by atoms with E-state index in [0.717, 1.165) is 38.2 Å². The van der Waals surface area contributed by atoms with Crippen molar-refractivity contribution in [2.45, 2.75) is 38.1 Å². The molecule has 0 atom stereocenters. The zero-order chi connectivity index (χ0) is 19.1. The minimum atomic E-state index is -0.976. The molecule has 0 heterocycles. The van der Waals surface area contributed by atoms with Gasteiger partial charge < -0.3 is 19.5 Å². The molecular weight excluding hydrogens is 344 g/mol. The number of ether oxygens (including phenoxy) is 3. The number of nitrogens with zero attached hydrogens (tertiary/aromatic N) is 1. The van der Waals surface area contributed by atoms with E-state index in [1.165, 1.54) is 20.3 Å². The normalized spacial score (nSPS) is 14.4. The van der Waals surface area contributed by atoms with Gasteiger partial charge in [0.25, 0.3) is 11.6 Å². The summed E-state index contributed by atoms with van der Waals surface area (Å²) in [4.78, 5) is 34.6. The summed E-state index contributed by atoms with van der Waals surface area (Å²) >= 11 is 0. The minimum absolute atomic E-state index is 0.0883. The second-order valence-electron chi connectivity index (χ2n) is 5.96. The summed E-state index contributed by atoms with van der Waals surface area (Å²) in [6, 6.07) is 2.33. The fourth-order valence-electron chi connectivity index (χ4n) is 2.91. The first-order valence-corrected chi connectivity index (χ1v) is 8.33. The third kappa shape index (κ3) is 4.84. The molecule has 1 N–H and O–H groups in total. The Morgan fingerprint density at radius 2 is 1.77 bits per heavy atom. The first kappa shape index (κ1) is 19.5. The SMILES string of the molecule is COc1cc(C(=O)OCC(=O)NC2CCCCC2)c([N+](=O)[O-])cc1OC. The quantitative estimate of drug-likeness (QED) is 0.447. The first-order valence-electron chi connectivity index (χ1n) is 8.33. The molecule has 26 heavy (non-hydrogen) atoms. The van der Waals surface area contributed by atoms with Gasteiger partial charge in [-0.2, -0.15) is 0 Å². The molecule has 0 spiro atoms. The maximum Gasteiger partial charge on any atom is 0.345 e. The molecular formula is C17H22N2O7. The van der Waals surface area contributed by atoms with Gasteiger partial charge in [-0.25, -0.2) is 4.79 Å². The van der Waals surface area contributed by atoms with Crippen LogP contribution in [0.2, 0.25) is 0 Å². The summed E-state index contributed by atoms with van der Waals surface area (Å²) in [6.45, 7) is -0.499. The Labute approximate surface area is 150 Å². The maximum absolute atomic E-state index is 12.2. The number of rotatable bonds is 7. The number of hydrogen-bond acceptors (Lipinski definition) is 7. The van der Waals surface area contributed by atoms with Gasteiger partial charge in [-0.15, -0.1) is 0 Å². The number of carbonyl (C=O) groups excluding carboxylic acids is 2. The molecule has 9 heteroatoms. The molecule has 9 nitrogen and oxygen atoms in total. The average Bonchev–Trinajstić information content (AvgIpc) is 2.65. The van der Waals surface area contributed by atoms with Crippen molar-refractivity contribution in [2.24, 2.45) is 0 Å². The summed E-state index contributed by atoms with van der Waals surface area (Å²) in [5.41, 5.74) is -0.793. The summed E-state index contributed by atoms with van der Waals surface area (Å²) in [6.07, 6.45) is 5.08. The number of nitro benzene ring substituents is 1. The van der Waals surface area contributed by atoms with Gasteiger partial charge in [-0.1, -0.05) is 19.3 Å². The lowest BCUT2D eigenvalue weighted by Gasteiger charge is -2.22. The molecule has 142 valence electrons. The Kier molecular flexibility index (Phi) is 6.76. The van der Waals surface area contributed by atoms with Crippen LogP contribution in [0.1, 0.15) is 42.5 Å². The fourth-order valence-corrected chi connectivity index (χ4v) is 2.91. The number of esters is 1. The molecule has 0 aromatic heterocycles. The van der Waals surface area contributed by atoms with Gasteiger partial charge in [0.05, 0.1) is 25.2 Å². The molecule has 1 aliphatic carbocycles. The van der Waals surface area contributed by atoms with Crippen LogP contribution in [0.25, 0.3) is 0 Å². The molecule has 1 saturated carbocycles. The average molecular weight is 366 g/mol. The third-order valence-corrected chi connectivity index (χ3v) is 4.22. The summed E-state index contributed by atoms with van der Waals surface area (Å²) in [5, 5.41) is 14.0. The molecule has 1 aromatic carbocycles. The maximum atomic E-state index is 12.2. The zero-order valence-electron chi connectivity index (χ0n) is 14.8. The molecule has 2 rings (SSSR count). The molecule has 0 unspecified atom stereocenters. The Morgan fingerprint density at radius 1 is 1.15 bits per heavy atom. The van der Waals surface area contributed by atoms with Gasteiger partial charge in [0.15, 0.2) is 18.1 Å². The van der Waals surface area contributed by atoms with Crippen LogP contribution < -0.4 is 14.8 Å². The number of nitro groups is 1. The standard InChI is InChI=1S/C17H22N2O7/c1-24-14-8-12(13(19(22)23)9-15(14)25-2)17(21)26-10-16(20)18-11-6-4-3-5-7-11/h8-9,11H,3-7,10H2,1-2H3,(H,18,20). The highest BCUT2D eigenvalue weighted by atomic mass is 16.6. The fraction of sp³-hybridized carbons (Fsp3) is 0.529. The van der Waals surface area contributed by atoms with E-state index in [1.54, 1.807) is 0 Å². The van der Waals surface area contributed by atoms with Gasteiger partial charge in [-0.05, 0) is 12.8 Å². The van der Waals surface area contributed by atoms with Crippen molar-refractivity contribution in [1.82, 2.24) is 5.32 Å². The van der Waals surface area contributed by atoms with Gasteiger partial charge in [0.1, 0.15) is 5.56 Å². The Balaban J connectivity index is 2.05. The van der Waals surface area contributed by atoms with Crippen molar-refractivity contribution in [3.8, 4) is 11.5 Å². The van der Waals surface area contributed by atoms with E-state index in [-0.39, 0.29) is 23.1 Å². The van der Waals surface area contributed by atoms with Crippen LogP contribution in [-0.4, -0.2) is 43.7 Å². The number of carbonyl (C=O) groups is 2. The highest BCUT2D eigenvalue weighted by Gasteiger charge is 2.26. The van der Waals surface area contributed by atoms with E-state index < -0.39 is 29.1 Å². The molecule has 0 bridgehead atoms. The predicted octanol–water partition coefficient (Wildman–Crippen LogP) is 2.22. The lowest BCUT2D eigenvalue weighted by Crippen LogP contribution is -2.38. The Morgan fingerprint density at radius 3 is 2.35 bits per heavy atom. The van der Waals surface area contributed by atoms with E-state index in [4.69, 9.17) is 14.2 Å². The van der Waals surface area contributed by atoms with Gasteiger partial charge in [0.2, 0.25) is 0 Å². The smallest absolute Gasteiger partial charge is 0.345 e. The second-order valence-corrected chi connectivity index (χ2v) is 5.96. The largest absolute Gasteiger partial charge is 0.493 e. The molecule has 1 aliphatic rings. The van der Waals surface area contributed by atoms with Crippen LogP contribution in [0.3, 0.4) is 0 Å². The van der Waals surface area contributed by atoms with Gasteiger partial charge >= 0.3 is 5.97 Å². The second kappa shape index (κ2) is 9.02. The molecule has 0 aliphatic heterocycles. The summed E-state index contributed by atoms with van der Waals surface area (Å²) in [7, 11) is 2.67. The highest BCUT2D eigenvalue weighted by molar-refractivity contribution is 5.96. The van der Waals surface area contributed by atoms with Crippen LogP contribution in [0.15, 0.2) is 12.1 Å². The van der Waals surface area contributed by atoms with Crippen LogP contribution in [0.5, 0.6) is 11.5 Å². The number of hydrogen-bond donors (Lipinski definition) is 1. The van der Waals surface area contributed by atoms with Crippen molar-refractivity contribution >= 4 is 17.6 Å². The predicted molar refractivity (Wildman–Crippen MR) is 91.5 cm³/mol. The lowest BCUT2D eigenvalue weighted by molar-refractivity contribution is -0.385. The van der Waals surface area contributed by atoms with Crippen molar-refractivity contribution in [3.05, 3.63) is 27.8 Å². The van der Waals surface area contributed by atoms with E-state index in [9.17, 15) is 19.7 Å². The van der Waals surface area contributed by atoms with E-state index in [0.29, 0.717) is 0 Å². The lowest BCUT2D eigenvalue weighted by atomic mass is 9.95. The Hall–Kier alpha value is -2.84. The number of amides is 1. The Bertz CT molecular complexity index is 684. The number of benzene rings is 1. The van der Waals surface area contributed by atoms with Crippen LogP contribution in [0.4, 0.5) is 5.69 Å².